The first-order chi connectivity index (χ1) is 15.4. The summed E-state index contributed by atoms with van der Waals surface area (Å²) in [6.45, 7) is 2.15. The predicted molar refractivity (Wildman–Crippen MR) is 124 cm³/mol. The SMILES string of the molecule is Cc1ccsc1CN(C)C(=O)CN1C(=O)NC(Cc2ccccc2)(c2ccccc2)C1=O. The Kier molecular flexibility index (Phi) is 6.10. The van der Waals surface area contributed by atoms with E-state index in [0.29, 0.717) is 18.5 Å². The molecule has 1 fully saturated rings. The fourth-order valence-corrected chi connectivity index (χ4v) is 4.90. The average molecular weight is 448 g/mol. The van der Waals surface area contributed by atoms with Gasteiger partial charge in [-0.15, -0.1) is 11.3 Å². The highest BCUT2D eigenvalue weighted by Crippen LogP contribution is 2.33. The quantitative estimate of drug-likeness (QED) is 0.562. The normalized spacial score (nSPS) is 18.0. The third-order valence-corrected chi connectivity index (χ3v) is 6.83. The highest BCUT2D eigenvalue weighted by atomic mass is 32.1. The van der Waals surface area contributed by atoms with E-state index < -0.39 is 17.5 Å². The summed E-state index contributed by atoms with van der Waals surface area (Å²) in [6, 6.07) is 20.2. The van der Waals surface area contributed by atoms with Gasteiger partial charge in [-0.2, -0.15) is 0 Å². The zero-order valence-electron chi connectivity index (χ0n) is 18.1. The van der Waals surface area contributed by atoms with Gasteiger partial charge in [0.15, 0.2) is 5.54 Å². The van der Waals surface area contributed by atoms with Crippen molar-refractivity contribution in [2.75, 3.05) is 13.6 Å². The molecule has 32 heavy (non-hydrogen) atoms. The maximum absolute atomic E-state index is 13.6. The lowest BCUT2D eigenvalue weighted by Gasteiger charge is -2.28. The summed E-state index contributed by atoms with van der Waals surface area (Å²) >= 11 is 1.58. The van der Waals surface area contributed by atoms with E-state index in [0.717, 1.165) is 20.9 Å². The Morgan fingerprint density at radius 3 is 2.31 bits per heavy atom. The third kappa shape index (κ3) is 4.16. The number of benzene rings is 2. The van der Waals surface area contributed by atoms with Crippen molar-refractivity contribution in [3.05, 3.63) is 93.7 Å². The number of likely N-dealkylation sites (N-methyl/N-ethyl adjacent to an activating group) is 1. The molecule has 0 saturated carbocycles. The minimum Gasteiger partial charge on any atom is -0.339 e. The number of thiophene rings is 1. The van der Waals surface area contributed by atoms with Crippen molar-refractivity contribution in [1.29, 1.82) is 0 Å². The van der Waals surface area contributed by atoms with Crippen molar-refractivity contribution in [3.63, 3.8) is 0 Å². The molecular formula is C25H25N3O3S. The van der Waals surface area contributed by atoms with Gasteiger partial charge in [-0.1, -0.05) is 60.7 Å². The van der Waals surface area contributed by atoms with Crippen LogP contribution in [0.2, 0.25) is 0 Å². The molecule has 6 nitrogen and oxygen atoms in total. The molecule has 4 rings (SSSR count). The molecule has 1 aliphatic rings. The molecule has 2 heterocycles. The molecule has 0 radical (unpaired) electrons. The van der Waals surface area contributed by atoms with Crippen LogP contribution in [0.15, 0.2) is 72.1 Å². The Hall–Kier alpha value is -3.45. The Bertz CT molecular complexity index is 1130. The van der Waals surface area contributed by atoms with Crippen LogP contribution in [0.25, 0.3) is 0 Å². The van der Waals surface area contributed by atoms with E-state index in [1.807, 2.05) is 79.0 Å². The van der Waals surface area contributed by atoms with Crippen LogP contribution in [0, 0.1) is 6.92 Å². The van der Waals surface area contributed by atoms with E-state index in [4.69, 9.17) is 0 Å². The summed E-state index contributed by atoms with van der Waals surface area (Å²) < 4.78 is 0. The number of nitrogens with zero attached hydrogens (tertiary/aromatic N) is 2. The summed E-state index contributed by atoms with van der Waals surface area (Å²) in [5, 5.41) is 4.88. The lowest BCUT2D eigenvalue weighted by molar-refractivity contribution is -0.138. The van der Waals surface area contributed by atoms with E-state index in [9.17, 15) is 14.4 Å². The van der Waals surface area contributed by atoms with Crippen molar-refractivity contribution in [1.82, 2.24) is 15.1 Å². The molecule has 1 atom stereocenters. The lowest BCUT2D eigenvalue weighted by atomic mass is 9.83. The van der Waals surface area contributed by atoms with Crippen LogP contribution in [-0.2, 0) is 28.1 Å². The fourth-order valence-electron chi connectivity index (χ4n) is 3.94. The molecule has 1 saturated heterocycles. The smallest absolute Gasteiger partial charge is 0.325 e. The molecule has 0 bridgehead atoms. The van der Waals surface area contributed by atoms with E-state index in [-0.39, 0.29) is 12.5 Å². The zero-order valence-corrected chi connectivity index (χ0v) is 18.9. The maximum Gasteiger partial charge on any atom is 0.325 e. The van der Waals surface area contributed by atoms with Gasteiger partial charge in [-0.05, 0) is 35.1 Å². The Morgan fingerprint density at radius 1 is 1.03 bits per heavy atom. The molecule has 1 unspecified atom stereocenters. The highest BCUT2D eigenvalue weighted by Gasteiger charge is 2.52. The van der Waals surface area contributed by atoms with Gasteiger partial charge < -0.3 is 10.2 Å². The lowest BCUT2D eigenvalue weighted by Crippen LogP contribution is -2.47. The van der Waals surface area contributed by atoms with Gasteiger partial charge in [-0.3, -0.25) is 14.5 Å². The monoisotopic (exact) mass is 447 g/mol. The molecule has 0 spiro atoms. The number of carbonyl (C=O) groups excluding carboxylic acids is 3. The van der Waals surface area contributed by atoms with Crippen LogP contribution >= 0.6 is 11.3 Å². The summed E-state index contributed by atoms with van der Waals surface area (Å²) in [5.74, 6) is -0.698. The maximum atomic E-state index is 13.6. The Balaban J connectivity index is 1.58. The molecule has 3 aromatic rings. The van der Waals surface area contributed by atoms with Crippen LogP contribution in [0.5, 0.6) is 0 Å². The van der Waals surface area contributed by atoms with Gasteiger partial charge in [0.1, 0.15) is 6.54 Å². The summed E-state index contributed by atoms with van der Waals surface area (Å²) in [6.07, 6.45) is 0.303. The van der Waals surface area contributed by atoms with Crippen LogP contribution in [0.3, 0.4) is 0 Å². The van der Waals surface area contributed by atoms with Gasteiger partial charge in [-0.25, -0.2) is 4.79 Å². The van der Waals surface area contributed by atoms with Gasteiger partial charge in [0, 0.05) is 18.3 Å². The second-order valence-corrected chi connectivity index (χ2v) is 9.03. The van der Waals surface area contributed by atoms with Gasteiger partial charge in [0.05, 0.1) is 6.54 Å². The van der Waals surface area contributed by atoms with Gasteiger partial charge in [0.2, 0.25) is 5.91 Å². The Labute approximate surface area is 191 Å². The number of carbonyl (C=O) groups is 3. The van der Waals surface area contributed by atoms with Gasteiger partial charge in [0.25, 0.3) is 5.91 Å². The van der Waals surface area contributed by atoms with E-state index in [2.05, 4.69) is 5.32 Å². The predicted octanol–water partition coefficient (Wildman–Crippen LogP) is 3.70. The fraction of sp³-hybridized carbons (Fsp3) is 0.240. The molecule has 1 aliphatic heterocycles. The summed E-state index contributed by atoms with van der Waals surface area (Å²) in [5.41, 5.74) is 1.49. The average Bonchev–Trinajstić information content (AvgIpc) is 3.31. The number of nitrogens with one attached hydrogen (secondary N) is 1. The van der Waals surface area contributed by atoms with Crippen molar-refractivity contribution < 1.29 is 14.4 Å². The van der Waals surface area contributed by atoms with Crippen LogP contribution in [0.1, 0.15) is 21.6 Å². The molecule has 164 valence electrons. The van der Waals surface area contributed by atoms with Crippen molar-refractivity contribution >= 4 is 29.2 Å². The standard InChI is InChI=1S/C25H25N3O3S/c1-18-13-14-32-21(18)16-27(2)22(29)17-28-23(30)25(26-24(28)31,20-11-7-4-8-12-20)15-19-9-5-3-6-10-19/h3-14H,15-17H2,1-2H3,(H,26,31). The minimum absolute atomic E-state index is 0.287. The number of imide groups is 1. The van der Waals surface area contributed by atoms with Crippen molar-refractivity contribution in [2.45, 2.75) is 25.4 Å². The highest BCUT2D eigenvalue weighted by molar-refractivity contribution is 7.10. The second-order valence-electron chi connectivity index (χ2n) is 8.03. The number of hydrogen-bond acceptors (Lipinski definition) is 4. The van der Waals surface area contributed by atoms with Crippen molar-refractivity contribution in [3.8, 4) is 0 Å². The molecule has 7 heteroatoms. The van der Waals surface area contributed by atoms with E-state index >= 15 is 0 Å². The Morgan fingerprint density at radius 2 is 1.69 bits per heavy atom. The molecule has 2 aromatic carbocycles. The summed E-state index contributed by atoms with van der Waals surface area (Å²) in [7, 11) is 1.69. The molecule has 4 amide bonds. The zero-order chi connectivity index (χ0) is 22.7. The number of urea groups is 1. The molecular weight excluding hydrogens is 422 g/mol. The third-order valence-electron chi connectivity index (χ3n) is 5.82. The van der Waals surface area contributed by atoms with E-state index in [1.165, 1.54) is 0 Å². The number of rotatable bonds is 7. The first-order valence-electron chi connectivity index (χ1n) is 10.4. The van der Waals surface area contributed by atoms with Crippen LogP contribution in [-0.4, -0.2) is 41.2 Å². The topological polar surface area (TPSA) is 69.7 Å². The largest absolute Gasteiger partial charge is 0.339 e. The first kappa shape index (κ1) is 21.8. The molecule has 0 aliphatic carbocycles. The molecule has 1 N–H and O–H groups in total. The van der Waals surface area contributed by atoms with E-state index in [1.54, 1.807) is 23.3 Å². The molecule has 1 aromatic heterocycles. The number of amides is 4. The number of aryl methyl sites for hydroxylation is 1. The van der Waals surface area contributed by atoms with Crippen LogP contribution < -0.4 is 5.32 Å². The van der Waals surface area contributed by atoms with Crippen molar-refractivity contribution in [2.24, 2.45) is 0 Å². The first-order valence-corrected chi connectivity index (χ1v) is 11.3. The second kappa shape index (κ2) is 8.96. The summed E-state index contributed by atoms with van der Waals surface area (Å²) in [4.78, 5) is 43.1. The van der Waals surface area contributed by atoms with Crippen LogP contribution in [0.4, 0.5) is 4.79 Å². The van der Waals surface area contributed by atoms with Gasteiger partial charge >= 0.3 is 6.03 Å². The number of hydrogen-bond donors (Lipinski definition) is 1. The minimum atomic E-state index is -1.25.